The zero-order valence-electron chi connectivity index (χ0n) is 15.7. The lowest BCUT2D eigenvalue weighted by molar-refractivity contribution is 0.0605. The standard InChI is InChI=1S/C20H19ClN2O4S/c1-4-9-27-13-7-5-12(6-8-13)10-14(21)17-22-18(24)15-11(2)16(20(25)26-3)28-19(15)23-17/h5-8,10H,4,9H2,1-3H3,(H,22,23,24)/b14-10-. The maximum absolute atomic E-state index is 12.5. The number of aromatic amines is 1. The fraction of sp³-hybridized carbons (Fsp3) is 0.250. The van der Waals surface area contributed by atoms with Crippen LogP contribution in [0, 0.1) is 6.92 Å². The van der Waals surface area contributed by atoms with Crippen LogP contribution < -0.4 is 10.3 Å². The number of aromatic nitrogens is 2. The van der Waals surface area contributed by atoms with Crippen LogP contribution in [0.1, 0.15) is 40.0 Å². The highest BCUT2D eigenvalue weighted by atomic mass is 35.5. The van der Waals surface area contributed by atoms with Crippen molar-refractivity contribution >= 4 is 50.2 Å². The van der Waals surface area contributed by atoms with Crippen molar-refractivity contribution in [1.29, 1.82) is 0 Å². The largest absolute Gasteiger partial charge is 0.494 e. The molecule has 0 bridgehead atoms. The van der Waals surface area contributed by atoms with Gasteiger partial charge in [-0.25, -0.2) is 9.78 Å². The summed E-state index contributed by atoms with van der Waals surface area (Å²) in [7, 11) is 1.30. The number of aryl methyl sites for hydroxylation is 1. The lowest BCUT2D eigenvalue weighted by Gasteiger charge is -2.04. The van der Waals surface area contributed by atoms with E-state index in [0.717, 1.165) is 29.1 Å². The van der Waals surface area contributed by atoms with Gasteiger partial charge in [0, 0.05) is 0 Å². The van der Waals surface area contributed by atoms with Crippen LogP contribution in [0.15, 0.2) is 29.1 Å². The van der Waals surface area contributed by atoms with Gasteiger partial charge in [-0.1, -0.05) is 30.7 Å². The lowest BCUT2D eigenvalue weighted by atomic mass is 10.2. The van der Waals surface area contributed by atoms with Crippen LogP contribution in [0.4, 0.5) is 0 Å². The van der Waals surface area contributed by atoms with Crippen molar-refractivity contribution in [2.75, 3.05) is 13.7 Å². The zero-order valence-corrected chi connectivity index (χ0v) is 17.2. The summed E-state index contributed by atoms with van der Waals surface area (Å²) in [6.07, 6.45) is 2.64. The number of carbonyl (C=O) groups is 1. The number of nitrogens with one attached hydrogen (secondary N) is 1. The maximum atomic E-state index is 12.5. The van der Waals surface area contributed by atoms with E-state index < -0.39 is 5.97 Å². The number of thiophene rings is 1. The van der Waals surface area contributed by atoms with Gasteiger partial charge in [-0.2, -0.15) is 0 Å². The Morgan fingerprint density at radius 1 is 1.32 bits per heavy atom. The molecule has 28 heavy (non-hydrogen) atoms. The molecule has 0 aliphatic heterocycles. The van der Waals surface area contributed by atoms with Crippen molar-refractivity contribution in [1.82, 2.24) is 9.97 Å². The van der Waals surface area contributed by atoms with Crippen molar-refractivity contribution in [3.8, 4) is 5.75 Å². The first kappa shape index (κ1) is 20.1. The second-order valence-electron chi connectivity index (χ2n) is 6.05. The average Bonchev–Trinajstić information content (AvgIpc) is 3.03. The lowest BCUT2D eigenvalue weighted by Crippen LogP contribution is -2.10. The number of ether oxygens (including phenoxy) is 2. The van der Waals surface area contributed by atoms with Crippen molar-refractivity contribution in [3.63, 3.8) is 0 Å². The number of esters is 1. The van der Waals surface area contributed by atoms with Crippen LogP contribution >= 0.6 is 22.9 Å². The Labute approximate surface area is 170 Å². The number of fused-ring (bicyclic) bond motifs is 1. The Hall–Kier alpha value is -2.64. The van der Waals surface area contributed by atoms with E-state index in [2.05, 4.69) is 9.97 Å². The molecule has 0 fully saturated rings. The Morgan fingerprint density at radius 2 is 2.04 bits per heavy atom. The van der Waals surface area contributed by atoms with Gasteiger partial charge in [0.2, 0.25) is 0 Å². The molecule has 0 saturated heterocycles. The Bertz CT molecular complexity index is 1100. The number of methoxy groups -OCH3 is 1. The summed E-state index contributed by atoms with van der Waals surface area (Å²) in [6, 6.07) is 7.45. The highest BCUT2D eigenvalue weighted by Gasteiger charge is 2.20. The summed E-state index contributed by atoms with van der Waals surface area (Å²) in [5.41, 5.74) is 1.04. The van der Waals surface area contributed by atoms with Gasteiger partial charge in [0.05, 0.1) is 24.1 Å². The quantitative estimate of drug-likeness (QED) is 0.591. The third-order valence-electron chi connectivity index (χ3n) is 4.04. The van der Waals surface area contributed by atoms with Crippen LogP contribution in [0.5, 0.6) is 5.75 Å². The van der Waals surface area contributed by atoms with Crippen molar-refractivity contribution in [3.05, 3.63) is 56.4 Å². The van der Waals surface area contributed by atoms with E-state index in [9.17, 15) is 9.59 Å². The van der Waals surface area contributed by atoms with Crippen LogP contribution in [0.2, 0.25) is 0 Å². The van der Waals surface area contributed by atoms with Gasteiger partial charge < -0.3 is 14.5 Å². The number of carbonyl (C=O) groups excluding carboxylic acids is 1. The molecule has 2 heterocycles. The fourth-order valence-corrected chi connectivity index (χ4v) is 3.95. The second-order valence-corrected chi connectivity index (χ2v) is 7.46. The van der Waals surface area contributed by atoms with Crippen LogP contribution in [0.25, 0.3) is 21.3 Å². The molecule has 0 amide bonds. The van der Waals surface area contributed by atoms with E-state index in [0.29, 0.717) is 27.3 Å². The van der Waals surface area contributed by atoms with Crippen molar-refractivity contribution in [2.45, 2.75) is 20.3 Å². The molecule has 0 aliphatic carbocycles. The second kappa shape index (κ2) is 8.58. The molecule has 1 N–H and O–H groups in total. The molecule has 6 nitrogen and oxygen atoms in total. The smallest absolute Gasteiger partial charge is 0.348 e. The van der Waals surface area contributed by atoms with Gasteiger partial charge in [-0.15, -0.1) is 11.3 Å². The molecule has 0 atom stereocenters. The summed E-state index contributed by atoms with van der Waals surface area (Å²) >= 11 is 7.49. The molecule has 1 aromatic carbocycles. The molecule has 0 saturated carbocycles. The molecular weight excluding hydrogens is 400 g/mol. The summed E-state index contributed by atoms with van der Waals surface area (Å²) in [5.74, 6) is 0.532. The van der Waals surface area contributed by atoms with Gasteiger partial charge in [0.15, 0.2) is 5.82 Å². The molecule has 0 aliphatic rings. The molecule has 2 aromatic heterocycles. The number of nitrogens with zero attached hydrogens (tertiary/aromatic N) is 1. The first-order chi connectivity index (χ1) is 13.4. The minimum atomic E-state index is -0.492. The summed E-state index contributed by atoms with van der Waals surface area (Å²) < 4.78 is 10.3. The van der Waals surface area contributed by atoms with Gasteiger partial charge in [0.25, 0.3) is 5.56 Å². The number of H-pyrrole nitrogens is 1. The first-order valence-electron chi connectivity index (χ1n) is 8.66. The number of hydrogen-bond acceptors (Lipinski definition) is 6. The molecule has 0 spiro atoms. The van der Waals surface area contributed by atoms with Crippen molar-refractivity contribution < 1.29 is 14.3 Å². The van der Waals surface area contributed by atoms with Crippen molar-refractivity contribution in [2.24, 2.45) is 0 Å². The molecule has 0 unspecified atom stereocenters. The number of halogens is 1. The number of rotatable bonds is 6. The molecule has 146 valence electrons. The highest BCUT2D eigenvalue weighted by molar-refractivity contribution is 7.20. The average molecular weight is 419 g/mol. The predicted octanol–water partition coefficient (Wildman–Crippen LogP) is 4.61. The van der Waals surface area contributed by atoms with E-state index in [1.165, 1.54) is 7.11 Å². The van der Waals surface area contributed by atoms with Gasteiger partial charge in [-0.05, 0) is 42.7 Å². The fourth-order valence-electron chi connectivity index (χ4n) is 2.64. The predicted molar refractivity (Wildman–Crippen MR) is 112 cm³/mol. The minimum absolute atomic E-state index is 0.239. The van der Waals surface area contributed by atoms with Crippen LogP contribution in [0.3, 0.4) is 0 Å². The van der Waals surface area contributed by atoms with E-state index in [1.54, 1.807) is 13.0 Å². The van der Waals surface area contributed by atoms with E-state index in [4.69, 9.17) is 21.1 Å². The van der Waals surface area contributed by atoms with E-state index >= 15 is 0 Å². The molecule has 0 radical (unpaired) electrons. The Balaban J connectivity index is 1.95. The van der Waals surface area contributed by atoms with E-state index in [-0.39, 0.29) is 16.4 Å². The van der Waals surface area contributed by atoms with Crippen LogP contribution in [-0.4, -0.2) is 29.7 Å². The molecular formula is C20H19ClN2O4S. The Kier molecular flexibility index (Phi) is 6.16. The minimum Gasteiger partial charge on any atom is -0.494 e. The summed E-state index contributed by atoms with van der Waals surface area (Å²) in [4.78, 5) is 32.3. The maximum Gasteiger partial charge on any atom is 0.348 e. The van der Waals surface area contributed by atoms with E-state index in [1.807, 2.05) is 31.2 Å². The third-order valence-corrected chi connectivity index (χ3v) is 5.50. The zero-order chi connectivity index (χ0) is 20.3. The Morgan fingerprint density at radius 3 is 2.68 bits per heavy atom. The molecule has 8 heteroatoms. The normalized spacial score (nSPS) is 11.6. The highest BCUT2D eigenvalue weighted by Crippen LogP contribution is 2.29. The number of benzene rings is 1. The monoisotopic (exact) mass is 418 g/mol. The van der Waals surface area contributed by atoms with Gasteiger partial charge >= 0.3 is 5.97 Å². The molecule has 3 rings (SSSR count). The molecule has 3 aromatic rings. The van der Waals surface area contributed by atoms with Crippen LogP contribution in [-0.2, 0) is 4.74 Å². The first-order valence-corrected chi connectivity index (χ1v) is 9.86. The summed E-state index contributed by atoms with van der Waals surface area (Å²) in [6.45, 7) is 4.40. The van der Waals surface area contributed by atoms with Gasteiger partial charge in [0.1, 0.15) is 15.5 Å². The SMILES string of the molecule is CCCOc1ccc(/C=C(\Cl)c2nc3sc(C(=O)OC)c(C)c3c(=O)[nH]2)cc1. The summed E-state index contributed by atoms with van der Waals surface area (Å²) in [5, 5.41) is 0.656. The van der Waals surface area contributed by atoms with Gasteiger partial charge in [-0.3, -0.25) is 4.79 Å². The topological polar surface area (TPSA) is 81.3 Å². The number of hydrogen-bond donors (Lipinski definition) is 1. The third kappa shape index (κ3) is 4.10.